The Morgan fingerprint density at radius 2 is 1.53 bits per heavy atom. The molecule has 1 aliphatic rings. The Labute approximate surface area is 199 Å². The molecule has 0 saturated carbocycles. The predicted octanol–water partition coefficient (Wildman–Crippen LogP) is 5.42. The molecular weight excluding hydrogens is 428 g/mol. The van der Waals surface area contributed by atoms with Gasteiger partial charge in [-0.05, 0) is 80.8 Å². The molecule has 34 heavy (non-hydrogen) atoms. The summed E-state index contributed by atoms with van der Waals surface area (Å²) < 4.78 is 11.0. The van der Waals surface area contributed by atoms with Crippen molar-refractivity contribution in [2.45, 2.75) is 27.7 Å². The maximum Gasteiger partial charge on any atom is 0.282 e. The van der Waals surface area contributed by atoms with E-state index in [1.165, 1.54) is 12.0 Å². The number of amides is 2. The molecule has 0 unspecified atom stereocenters. The van der Waals surface area contributed by atoms with Crippen LogP contribution in [0.1, 0.15) is 29.2 Å². The van der Waals surface area contributed by atoms with Gasteiger partial charge in [-0.3, -0.25) is 9.59 Å². The fraction of sp³-hybridized carbons (Fsp3) is 0.214. The number of methoxy groups -OCH3 is 1. The molecule has 6 heteroatoms. The van der Waals surface area contributed by atoms with Gasteiger partial charge < -0.3 is 14.8 Å². The minimum absolute atomic E-state index is 0.227. The fourth-order valence-electron chi connectivity index (χ4n) is 4.13. The zero-order valence-electron chi connectivity index (χ0n) is 20.1. The Morgan fingerprint density at radius 1 is 0.853 bits per heavy atom. The summed E-state index contributed by atoms with van der Waals surface area (Å²) in [5, 5.41) is 3.20. The molecule has 0 radical (unpaired) electrons. The summed E-state index contributed by atoms with van der Waals surface area (Å²) in [6, 6.07) is 18.6. The van der Waals surface area contributed by atoms with Crippen LogP contribution in [0.3, 0.4) is 0 Å². The number of hydrogen-bond acceptors (Lipinski definition) is 5. The van der Waals surface area contributed by atoms with Crippen molar-refractivity contribution in [1.82, 2.24) is 0 Å². The number of aryl methyl sites for hydroxylation is 3. The second kappa shape index (κ2) is 9.43. The van der Waals surface area contributed by atoms with Gasteiger partial charge in [0.05, 0.1) is 25.0 Å². The third kappa shape index (κ3) is 4.27. The molecule has 0 spiro atoms. The van der Waals surface area contributed by atoms with Gasteiger partial charge in [0.2, 0.25) is 0 Å². The van der Waals surface area contributed by atoms with Crippen LogP contribution in [-0.4, -0.2) is 25.5 Å². The molecule has 1 heterocycles. The Kier molecular flexibility index (Phi) is 6.41. The number of ether oxygens (including phenoxy) is 2. The molecule has 174 valence electrons. The third-order valence-corrected chi connectivity index (χ3v) is 5.75. The van der Waals surface area contributed by atoms with Gasteiger partial charge in [-0.25, -0.2) is 4.90 Å². The average molecular weight is 457 g/mol. The van der Waals surface area contributed by atoms with Crippen molar-refractivity contribution in [2.75, 3.05) is 23.9 Å². The molecule has 0 fully saturated rings. The lowest BCUT2D eigenvalue weighted by atomic mass is 9.97. The lowest BCUT2D eigenvalue weighted by molar-refractivity contribution is -0.120. The largest absolute Gasteiger partial charge is 0.495 e. The maximum absolute atomic E-state index is 13.8. The topological polar surface area (TPSA) is 67.9 Å². The van der Waals surface area contributed by atoms with Crippen LogP contribution in [0.4, 0.5) is 11.4 Å². The van der Waals surface area contributed by atoms with Crippen molar-refractivity contribution in [2.24, 2.45) is 0 Å². The minimum Gasteiger partial charge on any atom is -0.495 e. The van der Waals surface area contributed by atoms with Gasteiger partial charge in [0.15, 0.2) is 0 Å². The van der Waals surface area contributed by atoms with Crippen LogP contribution in [-0.2, 0) is 9.59 Å². The number of carbonyl (C=O) groups excluding carboxylic acids is 2. The molecule has 1 aliphatic heterocycles. The highest BCUT2D eigenvalue weighted by Gasteiger charge is 2.42. The standard InChI is InChI=1S/C28H28N2O4/c1-6-34-21-11-9-20(10-12-21)29-26-25(22-13-7-17(2)15-19(22)4)27(31)30(28(26)32)23-16-18(3)8-14-24(23)33-5/h7-16,29H,6H2,1-5H3. The van der Waals surface area contributed by atoms with Crippen molar-refractivity contribution >= 4 is 28.8 Å². The summed E-state index contributed by atoms with van der Waals surface area (Å²) >= 11 is 0. The number of rotatable bonds is 7. The van der Waals surface area contributed by atoms with E-state index in [2.05, 4.69) is 5.32 Å². The van der Waals surface area contributed by atoms with E-state index in [0.29, 0.717) is 34.9 Å². The van der Waals surface area contributed by atoms with Crippen LogP contribution >= 0.6 is 0 Å². The van der Waals surface area contributed by atoms with Crippen molar-refractivity contribution in [3.63, 3.8) is 0 Å². The van der Waals surface area contributed by atoms with Crippen LogP contribution in [0.15, 0.2) is 66.4 Å². The van der Waals surface area contributed by atoms with E-state index in [0.717, 1.165) is 22.4 Å². The van der Waals surface area contributed by atoms with Gasteiger partial charge in [0.25, 0.3) is 11.8 Å². The molecule has 0 aromatic heterocycles. The second-order valence-electron chi connectivity index (χ2n) is 8.27. The molecule has 6 nitrogen and oxygen atoms in total. The molecule has 3 aromatic rings. The highest BCUT2D eigenvalue weighted by atomic mass is 16.5. The van der Waals surface area contributed by atoms with Crippen molar-refractivity contribution < 1.29 is 19.1 Å². The average Bonchev–Trinajstić information content (AvgIpc) is 3.04. The molecule has 3 aromatic carbocycles. The molecule has 0 aliphatic carbocycles. The maximum atomic E-state index is 13.8. The lowest BCUT2D eigenvalue weighted by Crippen LogP contribution is -2.32. The van der Waals surface area contributed by atoms with Gasteiger partial charge in [0.1, 0.15) is 17.2 Å². The van der Waals surface area contributed by atoms with E-state index in [1.807, 2.05) is 76.2 Å². The molecule has 0 saturated heterocycles. The van der Waals surface area contributed by atoms with Gasteiger partial charge in [-0.15, -0.1) is 0 Å². The number of anilines is 2. The number of benzene rings is 3. The monoisotopic (exact) mass is 456 g/mol. The first-order valence-corrected chi connectivity index (χ1v) is 11.2. The molecule has 0 atom stereocenters. The zero-order valence-corrected chi connectivity index (χ0v) is 20.1. The quantitative estimate of drug-likeness (QED) is 0.481. The van der Waals surface area contributed by atoms with Crippen LogP contribution in [0.5, 0.6) is 11.5 Å². The summed E-state index contributed by atoms with van der Waals surface area (Å²) in [6.45, 7) is 8.33. The van der Waals surface area contributed by atoms with E-state index < -0.39 is 11.8 Å². The molecular formula is C28H28N2O4. The van der Waals surface area contributed by atoms with Gasteiger partial charge in [-0.2, -0.15) is 0 Å². The van der Waals surface area contributed by atoms with Gasteiger partial charge in [0, 0.05) is 5.69 Å². The first-order chi connectivity index (χ1) is 16.3. The first-order valence-electron chi connectivity index (χ1n) is 11.2. The molecule has 4 rings (SSSR count). The zero-order chi connectivity index (χ0) is 24.4. The molecule has 0 bridgehead atoms. The number of nitrogens with one attached hydrogen (secondary N) is 1. The van der Waals surface area contributed by atoms with Crippen molar-refractivity contribution in [3.05, 3.63) is 88.6 Å². The summed E-state index contributed by atoms with van der Waals surface area (Å²) in [4.78, 5) is 28.7. The number of carbonyl (C=O) groups is 2. The summed E-state index contributed by atoms with van der Waals surface area (Å²) in [7, 11) is 1.52. The van der Waals surface area contributed by atoms with Gasteiger partial charge in [-0.1, -0.05) is 29.8 Å². The number of imide groups is 1. The van der Waals surface area contributed by atoms with Crippen LogP contribution < -0.4 is 19.7 Å². The van der Waals surface area contributed by atoms with E-state index in [1.54, 1.807) is 12.1 Å². The fourth-order valence-corrected chi connectivity index (χ4v) is 4.13. The van der Waals surface area contributed by atoms with E-state index in [4.69, 9.17) is 9.47 Å². The summed E-state index contributed by atoms with van der Waals surface area (Å²) in [5.41, 5.74) is 5.29. The Hall–Kier alpha value is -4.06. The van der Waals surface area contributed by atoms with Crippen LogP contribution in [0.25, 0.3) is 5.57 Å². The van der Waals surface area contributed by atoms with Crippen LogP contribution in [0.2, 0.25) is 0 Å². The highest BCUT2D eigenvalue weighted by molar-refractivity contribution is 6.46. The number of nitrogens with zero attached hydrogens (tertiary/aromatic N) is 1. The summed E-state index contributed by atoms with van der Waals surface area (Å²) in [5.74, 6) is 0.359. The van der Waals surface area contributed by atoms with Crippen LogP contribution in [0, 0.1) is 20.8 Å². The second-order valence-corrected chi connectivity index (χ2v) is 8.27. The van der Waals surface area contributed by atoms with Crippen molar-refractivity contribution in [1.29, 1.82) is 0 Å². The first kappa shape index (κ1) is 23.1. The Morgan fingerprint density at radius 3 is 2.18 bits per heavy atom. The third-order valence-electron chi connectivity index (χ3n) is 5.75. The Bertz CT molecular complexity index is 1290. The number of hydrogen-bond donors (Lipinski definition) is 1. The molecule has 1 N–H and O–H groups in total. The lowest BCUT2D eigenvalue weighted by Gasteiger charge is -2.19. The van der Waals surface area contributed by atoms with Crippen molar-refractivity contribution in [3.8, 4) is 11.5 Å². The van der Waals surface area contributed by atoms with E-state index in [-0.39, 0.29) is 5.70 Å². The minimum atomic E-state index is -0.433. The molecule has 2 amide bonds. The SMILES string of the molecule is CCOc1ccc(NC2=C(c3ccc(C)cc3C)C(=O)N(c3cc(C)ccc3OC)C2=O)cc1. The summed E-state index contributed by atoms with van der Waals surface area (Å²) in [6.07, 6.45) is 0. The predicted molar refractivity (Wildman–Crippen MR) is 134 cm³/mol. The smallest absolute Gasteiger partial charge is 0.282 e. The Balaban J connectivity index is 1.84. The van der Waals surface area contributed by atoms with E-state index >= 15 is 0 Å². The van der Waals surface area contributed by atoms with Gasteiger partial charge >= 0.3 is 0 Å². The normalized spacial score (nSPS) is 13.5. The van der Waals surface area contributed by atoms with E-state index in [9.17, 15) is 9.59 Å². The highest BCUT2D eigenvalue weighted by Crippen LogP contribution is 2.39.